The molecule has 1 aromatic carbocycles. The minimum Gasteiger partial charge on any atom is -0.399 e. The number of methoxy groups -OCH3 is 1. The Morgan fingerprint density at radius 2 is 2.24 bits per heavy atom. The molecule has 0 bridgehead atoms. The smallest absolute Gasteiger partial charge is 0.224 e. The zero-order chi connectivity index (χ0) is 12.8. The fraction of sp³-hybridized carbons (Fsp3) is 0.462. The highest BCUT2D eigenvalue weighted by Crippen LogP contribution is 2.18. The zero-order valence-corrected chi connectivity index (χ0v) is 10.6. The first-order valence-electron chi connectivity index (χ1n) is 5.71. The summed E-state index contributed by atoms with van der Waals surface area (Å²) in [4.78, 5) is 11.7. The molecular formula is C13H20N2O2. The van der Waals surface area contributed by atoms with Crippen molar-refractivity contribution in [2.75, 3.05) is 18.2 Å². The van der Waals surface area contributed by atoms with Crippen LogP contribution in [-0.2, 0) is 9.53 Å². The highest BCUT2D eigenvalue weighted by molar-refractivity contribution is 5.91. The number of benzene rings is 1. The van der Waals surface area contributed by atoms with Crippen LogP contribution < -0.4 is 11.1 Å². The Kier molecular flexibility index (Phi) is 4.97. The molecule has 17 heavy (non-hydrogen) atoms. The van der Waals surface area contributed by atoms with Crippen molar-refractivity contribution < 1.29 is 9.53 Å². The molecule has 94 valence electrons. The van der Waals surface area contributed by atoms with Gasteiger partial charge in [0.25, 0.3) is 0 Å². The molecule has 1 atom stereocenters. The van der Waals surface area contributed by atoms with Crippen LogP contribution in [0.1, 0.15) is 25.3 Å². The number of rotatable bonds is 5. The van der Waals surface area contributed by atoms with Gasteiger partial charge in [0.2, 0.25) is 5.91 Å². The van der Waals surface area contributed by atoms with Crippen molar-refractivity contribution in [1.82, 2.24) is 0 Å². The van der Waals surface area contributed by atoms with Crippen molar-refractivity contribution >= 4 is 17.3 Å². The summed E-state index contributed by atoms with van der Waals surface area (Å²) in [6, 6.07) is 5.44. The van der Waals surface area contributed by atoms with E-state index in [1.165, 1.54) is 0 Å². The van der Waals surface area contributed by atoms with Crippen LogP contribution in [0, 0.1) is 6.92 Å². The molecule has 0 radical (unpaired) electrons. The van der Waals surface area contributed by atoms with Crippen molar-refractivity contribution in [3.05, 3.63) is 23.8 Å². The van der Waals surface area contributed by atoms with Gasteiger partial charge in [0.05, 0.1) is 6.10 Å². The quantitative estimate of drug-likeness (QED) is 0.771. The van der Waals surface area contributed by atoms with Crippen molar-refractivity contribution in [1.29, 1.82) is 0 Å². The number of carbonyl (C=O) groups excluding carboxylic acids is 1. The number of nitrogen functional groups attached to an aromatic ring is 1. The lowest BCUT2D eigenvalue weighted by Crippen LogP contribution is -2.15. The molecule has 1 rings (SSSR count). The molecule has 0 fully saturated rings. The minimum atomic E-state index is 0.00164. The van der Waals surface area contributed by atoms with Gasteiger partial charge in [0.15, 0.2) is 0 Å². The molecule has 0 saturated heterocycles. The van der Waals surface area contributed by atoms with Crippen LogP contribution in [0.5, 0.6) is 0 Å². The molecular weight excluding hydrogens is 216 g/mol. The summed E-state index contributed by atoms with van der Waals surface area (Å²) in [6.07, 6.45) is 1.28. The zero-order valence-electron chi connectivity index (χ0n) is 10.6. The van der Waals surface area contributed by atoms with Gasteiger partial charge in [-0.2, -0.15) is 0 Å². The fourth-order valence-corrected chi connectivity index (χ4v) is 1.49. The van der Waals surface area contributed by atoms with Gasteiger partial charge in [-0.05, 0) is 44.0 Å². The molecule has 0 heterocycles. The van der Waals surface area contributed by atoms with E-state index in [2.05, 4.69) is 5.32 Å². The van der Waals surface area contributed by atoms with E-state index in [4.69, 9.17) is 10.5 Å². The van der Waals surface area contributed by atoms with Crippen LogP contribution in [0.4, 0.5) is 11.4 Å². The number of carbonyl (C=O) groups is 1. The fourth-order valence-electron chi connectivity index (χ4n) is 1.49. The second kappa shape index (κ2) is 6.25. The molecule has 0 aliphatic heterocycles. The van der Waals surface area contributed by atoms with Crippen LogP contribution in [0.15, 0.2) is 18.2 Å². The average molecular weight is 236 g/mol. The maximum Gasteiger partial charge on any atom is 0.224 e. The van der Waals surface area contributed by atoms with E-state index in [0.717, 1.165) is 17.7 Å². The molecule has 0 aliphatic carbocycles. The summed E-state index contributed by atoms with van der Waals surface area (Å²) in [5.74, 6) is 0.00164. The number of hydrogen-bond donors (Lipinski definition) is 2. The third kappa shape index (κ3) is 4.44. The van der Waals surface area contributed by atoms with E-state index < -0.39 is 0 Å². The summed E-state index contributed by atoms with van der Waals surface area (Å²) in [6.45, 7) is 3.87. The third-order valence-corrected chi connectivity index (χ3v) is 2.70. The SMILES string of the molecule is COC(C)CCC(=O)Nc1ccc(N)cc1C. The molecule has 0 aliphatic rings. The van der Waals surface area contributed by atoms with Crippen LogP contribution in [0.25, 0.3) is 0 Å². The van der Waals surface area contributed by atoms with Gasteiger partial charge in [-0.3, -0.25) is 4.79 Å². The van der Waals surface area contributed by atoms with E-state index in [9.17, 15) is 4.79 Å². The van der Waals surface area contributed by atoms with E-state index >= 15 is 0 Å². The third-order valence-electron chi connectivity index (χ3n) is 2.70. The molecule has 4 heteroatoms. The number of aryl methyl sites for hydroxylation is 1. The highest BCUT2D eigenvalue weighted by atomic mass is 16.5. The lowest BCUT2D eigenvalue weighted by molar-refractivity contribution is -0.116. The monoisotopic (exact) mass is 236 g/mol. The van der Waals surface area contributed by atoms with Crippen molar-refractivity contribution in [3.63, 3.8) is 0 Å². The van der Waals surface area contributed by atoms with Gasteiger partial charge in [-0.25, -0.2) is 0 Å². The molecule has 0 saturated carbocycles. The maximum atomic E-state index is 11.7. The first kappa shape index (κ1) is 13.5. The second-order valence-corrected chi connectivity index (χ2v) is 4.21. The van der Waals surface area contributed by atoms with Crippen LogP contribution in [-0.4, -0.2) is 19.1 Å². The maximum absolute atomic E-state index is 11.7. The lowest BCUT2D eigenvalue weighted by atomic mass is 10.1. The summed E-state index contributed by atoms with van der Waals surface area (Å²) >= 11 is 0. The summed E-state index contributed by atoms with van der Waals surface area (Å²) in [7, 11) is 1.65. The molecule has 0 aromatic heterocycles. The Balaban J connectivity index is 2.50. The molecule has 1 amide bonds. The number of anilines is 2. The summed E-state index contributed by atoms with van der Waals surface area (Å²) < 4.78 is 5.09. The molecule has 0 spiro atoms. The highest BCUT2D eigenvalue weighted by Gasteiger charge is 2.07. The standard InChI is InChI=1S/C13H20N2O2/c1-9-8-11(14)5-6-12(9)15-13(16)7-4-10(2)17-3/h5-6,8,10H,4,7,14H2,1-3H3,(H,15,16). The lowest BCUT2D eigenvalue weighted by Gasteiger charge is -2.11. The molecule has 4 nitrogen and oxygen atoms in total. The van der Waals surface area contributed by atoms with Gasteiger partial charge in [0.1, 0.15) is 0 Å². The number of ether oxygens (including phenoxy) is 1. The first-order valence-corrected chi connectivity index (χ1v) is 5.71. The number of nitrogens with two attached hydrogens (primary N) is 1. The van der Waals surface area contributed by atoms with Gasteiger partial charge in [0, 0.05) is 24.9 Å². The average Bonchev–Trinajstić information content (AvgIpc) is 2.29. The Labute approximate surface area is 102 Å². The van der Waals surface area contributed by atoms with Crippen molar-refractivity contribution in [3.8, 4) is 0 Å². The predicted molar refractivity (Wildman–Crippen MR) is 69.9 cm³/mol. The van der Waals surface area contributed by atoms with Gasteiger partial charge in [-0.1, -0.05) is 0 Å². The number of nitrogens with one attached hydrogen (secondary N) is 1. The van der Waals surface area contributed by atoms with Crippen molar-refractivity contribution in [2.45, 2.75) is 32.8 Å². The Bertz CT molecular complexity index is 391. The van der Waals surface area contributed by atoms with E-state index in [1.54, 1.807) is 13.2 Å². The Hall–Kier alpha value is -1.55. The predicted octanol–water partition coefficient (Wildman–Crippen LogP) is 2.33. The van der Waals surface area contributed by atoms with E-state index in [-0.39, 0.29) is 12.0 Å². The van der Waals surface area contributed by atoms with E-state index in [1.807, 2.05) is 26.0 Å². The largest absolute Gasteiger partial charge is 0.399 e. The van der Waals surface area contributed by atoms with Gasteiger partial charge < -0.3 is 15.8 Å². The Morgan fingerprint density at radius 1 is 1.53 bits per heavy atom. The van der Waals surface area contributed by atoms with Crippen LogP contribution >= 0.6 is 0 Å². The van der Waals surface area contributed by atoms with Crippen LogP contribution in [0.2, 0.25) is 0 Å². The van der Waals surface area contributed by atoms with Crippen molar-refractivity contribution in [2.24, 2.45) is 0 Å². The number of amides is 1. The summed E-state index contributed by atoms with van der Waals surface area (Å²) in [5, 5.41) is 2.87. The molecule has 1 unspecified atom stereocenters. The van der Waals surface area contributed by atoms with Gasteiger partial charge in [-0.15, -0.1) is 0 Å². The first-order chi connectivity index (χ1) is 8.02. The molecule has 3 N–H and O–H groups in total. The van der Waals surface area contributed by atoms with E-state index in [0.29, 0.717) is 12.1 Å². The second-order valence-electron chi connectivity index (χ2n) is 4.21. The normalized spacial score (nSPS) is 12.2. The number of hydrogen-bond acceptors (Lipinski definition) is 3. The summed E-state index contributed by atoms with van der Waals surface area (Å²) in [5.41, 5.74) is 8.13. The Morgan fingerprint density at radius 3 is 2.82 bits per heavy atom. The minimum absolute atomic E-state index is 0.00164. The molecule has 1 aromatic rings. The topological polar surface area (TPSA) is 64.3 Å². The van der Waals surface area contributed by atoms with Gasteiger partial charge >= 0.3 is 0 Å². The van der Waals surface area contributed by atoms with Crippen LogP contribution in [0.3, 0.4) is 0 Å².